The first-order valence-electron chi connectivity index (χ1n) is 11.5. The number of halogens is 1. The van der Waals surface area contributed by atoms with E-state index >= 15 is 0 Å². The van der Waals surface area contributed by atoms with Crippen LogP contribution in [0.3, 0.4) is 0 Å². The first-order chi connectivity index (χ1) is 17.6. The maximum atomic E-state index is 12.6. The second-order valence-electron chi connectivity index (χ2n) is 8.64. The predicted molar refractivity (Wildman–Crippen MR) is 149 cm³/mol. The van der Waals surface area contributed by atoms with Gasteiger partial charge in [0.05, 0.1) is 24.7 Å². The Morgan fingerprint density at radius 1 is 1.00 bits per heavy atom. The van der Waals surface area contributed by atoms with Crippen LogP contribution >= 0.6 is 11.6 Å². The van der Waals surface area contributed by atoms with Crippen molar-refractivity contribution in [3.05, 3.63) is 118 Å². The summed E-state index contributed by atoms with van der Waals surface area (Å²) in [5, 5.41) is 4.79. The Morgan fingerprint density at radius 2 is 1.70 bits per heavy atom. The monoisotopic (exact) mass is 534 g/mol. The summed E-state index contributed by atoms with van der Waals surface area (Å²) < 4.78 is 28.1. The number of aromatic nitrogens is 1. The van der Waals surface area contributed by atoms with Gasteiger partial charge in [0, 0.05) is 33.2 Å². The van der Waals surface area contributed by atoms with Crippen LogP contribution in [0.1, 0.15) is 32.9 Å². The first kappa shape index (κ1) is 26.2. The van der Waals surface area contributed by atoms with Gasteiger partial charge in [0.25, 0.3) is 5.91 Å². The Kier molecular flexibility index (Phi) is 7.80. The number of carbonyl (C=O) groups excluding carboxylic acids is 1. The lowest BCUT2D eigenvalue weighted by Gasteiger charge is -2.22. The highest BCUT2D eigenvalue weighted by Crippen LogP contribution is 2.23. The molecule has 0 aliphatic carbocycles. The summed E-state index contributed by atoms with van der Waals surface area (Å²) in [6, 6.07) is 25.2. The number of nitrogens with one attached hydrogen (secondary N) is 1. The zero-order valence-corrected chi connectivity index (χ0v) is 22.3. The van der Waals surface area contributed by atoms with Crippen LogP contribution in [0.15, 0.2) is 90.0 Å². The predicted octanol–water partition coefficient (Wildman–Crippen LogP) is 5.48. The van der Waals surface area contributed by atoms with Crippen LogP contribution in [0.2, 0.25) is 5.02 Å². The molecule has 4 rings (SSSR count). The largest absolute Gasteiger partial charge is 0.318 e. The molecule has 0 unspecified atom stereocenters. The molecule has 1 N–H and O–H groups in total. The SMILES string of the molecule is Cc1cc(/C=N/NC(=O)c2ccc(CN(c3ccccc3)S(C)(=O)=O)cc2)c(C)n1-c1cccc(Cl)c1. The molecular formula is C28H27ClN4O3S. The Labute approximate surface area is 222 Å². The van der Waals surface area contributed by atoms with Crippen molar-refractivity contribution in [3.63, 3.8) is 0 Å². The number of rotatable bonds is 8. The van der Waals surface area contributed by atoms with E-state index in [9.17, 15) is 13.2 Å². The molecule has 0 saturated carbocycles. The fourth-order valence-electron chi connectivity index (χ4n) is 4.08. The Hall–Kier alpha value is -3.88. The Balaban J connectivity index is 1.43. The third-order valence-electron chi connectivity index (χ3n) is 5.89. The minimum absolute atomic E-state index is 0.158. The highest BCUT2D eigenvalue weighted by Gasteiger charge is 2.18. The van der Waals surface area contributed by atoms with Crippen molar-refractivity contribution in [2.75, 3.05) is 10.6 Å². The number of amides is 1. The van der Waals surface area contributed by atoms with Crippen molar-refractivity contribution < 1.29 is 13.2 Å². The zero-order valence-electron chi connectivity index (χ0n) is 20.7. The lowest BCUT2D eigenvalue weighted by Crippen LogP contribution is -2.29. The fraction of sp³-hybridized carbons (Fsp3) is 0.143. The molecule has 0 atom stereocenters. The van der Waals surface area contributed by atoms with Crippen molar-refractivity contribution >= 4 is 39.4 Å². The number of benzene rings is 3. The molecule has 1 heterocycles. The van der Waals surface area contributed by atoms with Gasteiger partial charge in [-0.15, -0.1) is 0 Å². The van der Waals surface area contributed by atoms with Crippen LogP contribution in [0.25, 0.3) is 5.69 Å². The fourth-order valence-corrected chi connectivity index (χ4v) is 5.15. The summed E-state index contributed by atoms with van der Waals surface area (Å²) in [5.74, 6) is -0.366. The topological polar surface area (TPSA) is 83.8 Å². The summed E-state index contributed by atoms with van der Waals surface area (Å²) in [7, 11) is -3.48. The van der Waals surface area contributed by atoms with E-state index in [1.807, 2.05) is 50.2 Å². The number of para-hydroxylation sites is 1. The summed E-state index contributed by atoms with van der Waals surface area (Å²) in [4.78, 5) is 12.6. The molecule has 3 aromatic carbocycles. The van der Waals surface area contributed by atoms with Gasteiger partial charge in [-0.3, -0.25) is 9.10 Å². The normalized spacial score (nSPS) is 11.6. The molecule has 0 saturated heterocycles. The minimum Gasteiger partial charge on any atom is -0.318 e. The molecule has 0 aliphatic rings. The summed E-state index contributed by atoms with van der Waals surface area (Å²) >= 11 is 6.15. The number of carbonyl (C=O) groups is 1. The van der Waals surface area contributed by atoms with E-state index in [-0.39, 0.29) is 12.5 Å². The molecule has 9 heteroatoms. The number of hydrogen-bond acceptors (Lipinski definition) is 4. The molecule has 4 aromatic rings. The molecule has 37 heavy (non-hydrogen) atoms. The van der Waals surface area contributed by atoms with Gasteiger partial charge in [0.2, 0.25) is 10.0 Å². The minimum atomic E-state index is -3.48. The summed E-state index contributed by atoms with van der Waals surface area (Å²) in [6.07, 6.45) is 2.78. The van der Waals surface area contributed by atoms with E-state index in [0.717, 1.165) is 28.2 Å². The van der Waals surface area contributed by atoms with Crippen molar-refractivity contribution in [2.45, 2.75) is 20.4 Å². The van der Waals surface area contributed by atoms with E-state index in [1.54, 1.807) is 54.7 Å². The average molecular weight is 535 g/mol. The number of sulfonamides is 1. The molecule has 7 nitrogen and oxygen atoms in total. The van der Waals surface area contributed by atoms with E-state index in [0.29, 0.717) is 16.3 Å². The van der Waals surface area contributed by atoms with E-state index in [1.165, 1.54) is 10.6 Å². The Bertz CT molecular complexity index is 1550. The number of anilines is 1. The standard InChI is InChI=1S/C28H27ClN4O3S/c1-20-16-24(21(2)33(20)27-11-7-8-25(29)17-27)18-30-31-28(34)23-14-12-22(13-15-23)19-32(37(3,35)36)26-9-5-4-6-10-26/h4-18H,19H2,1-3H3,(H,31,34)/b30-18+. The van der Waals surface area contributed by atoms with Crippen LogP contribution in [0.4, 0.5) is 5.69 Å². The maximum Gasteiger partial charge on any atom is 0.271 e. The van der Waals surface area contributed by atoms with Gasteiger partial charge in [-0.05, 0) is 67.9 Å². The maximum absolute atomic E-state index is 12.6. The molecule has 0 bridgehead atoms. The van der Waals surface area contributed by atoms with Gasteiger partial charge in [-0.2, -0.15) is 5.10 Å². The molecule has 1 aromatic heterocycles. The number of aryl methyl sites for hydroxylation is 1. The molecule has 1 amide bonds. The number of hydrogen-bond donors (Lipinski definition) is 1. The summed E-state index contributed by atoms with van der Waals surface area (Å²) in [5.41, 5.74) is 8.11. The summed E-state index contributed by atoms with van der Waals surface area (Å²) in [6.45, 7) is 4.13. The van der Waals surface area contributed by atoms with Crippen LogP contribution < -0.4 is 9.73 Å². The van der Waals surface area contributed by atoms with Crippen LogP contribution in [-0.2, 0) is 16.6 Å². The number of hydrazone groups is 1. The van der Waals surface area contributed by atoms with Crippen molar-refractivity contribution in [3.8, 4) is 5.69 Å². The molecular weight excluding hydrogens is 508 g/mol. The van der Waals surface area contributed by atoms with Crippen LogP contribution in [-0.4, -0.2) is 31.4 Å². The quantitative estimate of drug-likeness (QED) is 0.240. The average Bonchev–Trinajstić information content (AvgIpc) is 3.15. The van der Waals surface area contributed by atoms with E-state index in [4.69, 9.17) is 11.6 Å². The second-order valence-corrected chi connectivity index (χ2v) is 11.0. The van der Waals surface area contributed by atoms with E-state index in [2.05, 4.69) is 15.1 Å². The van der Waals surface area contributed by atoms with Gasteiger partial charge >= 0.3 is 0 Å². The highest BCUT2D eigenvalue weighted by molar-refractivity contribution is 7.92. The van der Waals surface area contributed by atoms with Crippen molar-refractivity contribution in [1.29, 1.82) is 0 Å². The first-order valence-corrected chi connectivity index (χ1v) is 13.8. The number of nitrogens with zero attached hydrogens (tertiary/aromatic N) is 3. The molecule has 0 spiro atoms. The molecule has 190 valence electrons. The smallest absolute Gasteiger partial charge is 0.271 e. The van der Waals surface area contributed by atoms with Gasteiger partial charge < -0.3 is 4.57 Å². The van der Waals surface area contributed by atoms with Gasteiger partial charge in [-0.1, -0.05) is 48.0 Å². The highest BCUT2D eigenvalue weighted by atomic mass is 35.5. The van der Waals surface area contributed by atoms with Crippen LogP contribution in [0.5, 0.6) is 0 Å². The van der Waals surface area contributed by atoms with E-state index < -0.39 is 10.0 Å². The molecule has 0 aliphatic heterocycles. The van der Waals surface area contributed by atoms with Gasteiger partial charge in [0.1, 0.15) is 0 Å². The Morgan fingerprint density at radius 3 is 2.35 bits per heavy atom. The lowest BCUT2D eigenvalue weighted by molar-refractivity contribution is 0.0955. The van der Waals surface area contributed by atoms with Crippen molar-refractivity contribution in [1.82, 2.24) is 9.99 Å². The van der Waals surface area contributed by atoms with Crippen molar-refractivity contribution in [2.24, 2.45) is 5.10 Å². The van der Waals surface area contributed by atoms with Gasteiger partial charge in [0.15, 0.2) is 0 Å². The molecule has 0 fully saturated rings. The third-order valence-corrected chi connectivity index (χ3v) is 7.27. The lowest BCUT2D eigenvalue weighted by atomic mass is 10.1. The second kappa shape index (κ2) is 11.0. The zero-order chi connectivity index (χ0) is 26.6. The third kappa shape index (κ3) is 6.28. The molecule has 0 radical (unpaired) electrons. The van der Waals surface area contributed by atoms with Crippen LogP contribution in [0, 0.1) is 13.8 Å². The van der Waals surface area contributed by atoms with Gasteiger partial charge in [-0.25, -0.2) is 13.8 Å².